The van der Waals surface area contributed by atoms with E-state index in [1.54, 1.807) is 60.7 Å². The van der Waals surface area contributed by atoms with Crippen LogP contribution in [0, 0.1) is 5.41 Å². The SMILES string of the molecule is N=C(N)c1ccc(N(CC(=O)O)C(=O)[C@@H]2CCCN2C(=O)c2ccccc2Oc2ccccc2)cc1. The van der Waals surface area contributed by atoms with Crippen molar-refractivity contribution in [3.8, 4) is 11.5 Å². The van der Waals surface area contributed by atoms with Gasteiger partial charge < -0.3 is 20.5 Å². The molecule has 2 amide bonds. The average molecular weight is 487 g/mol. The molecule has 1 aliphatic heterocycles. The summed E-state index contributed by atoms with van der Waals surface area (Å²) < 4.78 is 5.94. The van der Waals surface area contributed by atoms with E-state index in [9.17, 15) is 19.5 Å². The smallest absolute Gasteiger partial charge is 0.323 e. The van der Waals surface area contributed by atoms with Gasteiger partial charge in [0.05, 0.1) is 5.56 Å². The number of amides is 2. The van der Waals surface area contributed by atoms with Crippen molar-refractivity contribution in [3.05, 3.63) is 90.0 Å². The second-order valence-electron chi connectivity index (χ2n) is 8.35. The summed E-state index contributed by atoms with van der Waals surface area (Å²) in [6.45, 7) is -0.205. The largest absolute Gasteiger partial charge is 0.480 e. The summed E-state index contributed by atoms with van der Waals surface area (Å²) >= 11 is 0. The number of carbonyl (C=O) groups excluding carboxylic acids is 2. The molecule has 4 N–H and O–H groups in total. The number of likely N-dealkylation sites (tertiary alicyclic amines) is 1. The van der Waals surface area contributed by atoms with Crippen LogP contribution in [0.3, 0.4) is 0 Å². The highest BCUT2D eigenvalue weighted by Crippen LogP contribution is 2.30. The van der Waals surface area contributed by atoms with Crippen LogP contribution in [0.1, 0.15) is 28.8 Å². The maximum Gasteiger partial charge on any atom is 0.323 e. The van der Waals surface area contributed by atoms with Gasteiger partial charge in [0.25, 0.3) is 5.91 Å². The maximum atomic E-state index is 13.6. The number of ether oxygens (including phenoxy) is 1. The summed E-state index contributed by atoms with van der Waals surface area (Å²) in [5.41, 5.74) is 6.62. The van der Waals surface area contributed by atoms with E-state index >= 15 is 0 Å². The number of carbonyl (C=O) groups is 3. The van der Waals surface area contributed by atoms with Crippen molar-refractivity contribution in [2.24, 2.45) is 5.73 Å². The molecule has 0 unspecified atom stereocenters. The van der Waals surface area contributed by atoms with Gasteiger partial charge in [-0.3, -0.25) is 24.7 Å². The van der Waals surface area contributed by atoms with E-state index in [2.05, 4.69) is 0 Å². The highest BCUT2D eigenvalue weighted by molar-refractivity contribution is 6.05. The van der Waals surface area contributed by atoms with Gasteiger partial charge in [-0.1, -0.05) is 30.3 Å². The van der Waals surface area contributed by atoms with Gasteiger partial charge in [0.2, 0.25) is 5.91 Å². The van der Waals surface area contributed by atoms with Gasteiger partial charge in [0.15, 0.2) is 0 Å². The lowest BCUT2D eigenvalue weighted by Crippen LogP contribution is -2.49. The number of anilines is 1. The van der Waals surface area contributed by atoms with Gasteiger partial charge in [0, 0.05) is 17.8 Å². The Morgan fingerprint density at radius 1 is 1.00 bits per heavy atom. The molecule has 3 aromatic carbocycles. The molecule has 9 heteroatoms. The van der Waals surface area contributed by atoms with Crippen LogP contribution in [0.5, 0.6) is 11.5 Å². The monoisotopic (exact) mass is 486 g/mol. The number of carboxylic acid groups (broad SMARTS) is 1. The van der Waals surface area contributed by atoms with Crippen molar-refractivity contribution in [2.45, 2.75) is 18.9 Å². The molecule has 9 nitrogen and oxygen atoms in total. The summed E-state index contributed by atoms with van der Waals surface area (Å²) in [6, 6.07) is 21.3. The molecular weight excluding hydrogens is 460 g/mol. The van der Waals surface area contributed by atoms with Crippen LogP contribution in [0.4, 0.5) is 5.69 Å². The van der Waals surface area contributed by atoms with E-state index in [-0.39, 0.29) is 11.7 Å². The first kappa shape index (κ1) is 24.5. The number of hydrogen-bond acceptors (Lipinski definition) is 5. The summed E-state index contributed by atoms with van der Waals surface area (Å²) in [5.74, 6) is -1.22. The van der Waals surface area contributed by atoms with Crippen LogP contribution in [0.2, 0.25) is 0 Å². The quantitative estimate of drug-likeness (QED) is 0.329. The third-order valence-corrected chi connectivity index (χ3v) is 5.94. The van der Waals surface area contributed by atoms with Crippen LogP contribution < -0.4 is 15.4 Å². The molecule has 0 saturated carbocycles. The lowest BCUT2D eigenvalue weighted by molar-refractivity contribution is -0.137. The van der Waals surface area contributed by atoms with Crippen molar-refractivity contribution < 1.29 is 24.2 Å². The fourth-order valence-corrected chi connectivity index (χ4v) is 4.20. The molecule has 0 bridgehead atoms. The molecule has 1 aliphatic rings. The Morgan fingerprint density at radius 2 is 1.67 bits per heavy atom. The third kappa shape index (κ3) is 5.35. The molecule has 4 rings (SSSR count). The molecule has 1 heterocycles. The number of nitrogen functional groups attached to an aromatic ring is 1. The molecule has 0 aromatic heterocycles. The summed E-state index contributed by atoms with van der Waals surface area (Å²) in [5, 5.41) is 17.0. The van der Waals surface area contributed by atoms with Gasteiger partial charge in [-0.05, 0) is 61.4 Å². The van der Waals surface area contributed by atoms with E-state index in [1.807, 2.05) is 18.2 Å². The van der Waals surface area contributed by atoms with Crippen LogP contribution in [0.25, 0.3) is 0 Å². The summed E-state index contributed by atoms with van der Waals surface area (Å²) in [4.78, 5) is 41.4. The number of nitrogens with two attached hydrogens (primary N) is 1. The molecule has 36 heavy (non-hydrogen) atoms. The van der Waals surface area contributed by atoms with Crippen molar-refractivity contribution in [1.29, 1.82) is 5.41 Å². The van der Waals surface area contributed by atoms with E-state index in [0.29, 0.717) is 47.7 Å². The molecule has 1 fully saturated rings. The van der Waals surface area contributed by atoms with Crippen molar-refractivity contribution >= 4 is 29.3 Å². The topological polar surface area (TPSA) is 137 Å². The molecule has 1 saturated heterocycles. The van der Waals surface area contributed by atoms with E-state index in [1.165, 1.54) is 4.90 Å². The van der Waals surface area contributed by atoms with E-state index < -0.39 is 24.5 Å². The van der Waals surface area contributed by atoms with E-state index in [0.717, 1.165) is 4.90 Å². The Bertz CT molecular complexity index is 1280. The van der Waals surface area contributed by atoms with Crippen molar-refractivity contribution in [3.63, 3.8) is 0 Å². The lowest BCUT2D eigenvalue weighted by atomic mass is 10.1. The van der Waals surface area contributed by atoms with Gasteiger partial charge >= 0.3 is 5.97 Å². The van der Waals surface area contributed by atoms with Crippen LogP contribution in [-0.4, -0.2) is 52.8 Å². The summed E-state index contributed by atoms with van der Waals surface area (Å²) in [6.07, 6.45) is 1.02. The van der Waals surface area contributed by atoms with Crippen LogP contribution >= 0.6 is 0 Å². The Labute approximate surface area is 208 Å². The number of hydrogen-bond donors (Lipinski definition) is 3. The molecule has 184 valence electrons. The Hall–Kier alpha value is -4.66. The fourth-order valence-electron chi connectivity index (χ4n) is 4.20. The van der Waals surface area contributed by atoms with Gasteiger partial charge in [0.1, 0.15) is 29.9 Å². The van der Waals surface area contributed by atoms with Gasteiger partial charge in [-0.15, -0.1) is 0 Å². The highest BCUT2D eigenvalue weighted by atomic mass is 16.5. The van der Waals surface area contributed by atoms with Gasteiger partial charge in [-0.2, -0.15) is 0 Å². The zero-order valence-corrected chi connectivity index (χ0v) is 19.5. The Balaban J connectivity index is 1.60. The predicted octanol–water partition coefficient (Wildman–Crippen LogP) is 3.49. The van der Waals surface area contributed by atoms with E-state index in [4.69, 9.17) is 15.9 Å². The minimum atomic E-state index is -1.18. The average Bonchev–Trinajstić information content (AvgIpc) is 3.37. The maximum absolute atomic E-state index is 13.6. The first-order valence-electron chi connectivity index (χ1n) is 11.5. The van der Waals surface area contributed by atoms with Crippen molar-refractivity contribution in [1.82, 2.24) is 4.90 Å². The Morgan fingerprint density at radius 3 is 2.33 bits per heavy atom. The fraction of sp³-hybridized carbons (Fsp3) is 0.185. The minimum absolute atomic E-state index is 0.137. The number of benzene rings is 3. The number of nitrogens with zero attached hydrogens (tertiary/aromatic N) is 2. The zero-order valence-electron chi connectivity index (χ0n) is 19.5. The van der Waals surface area contributed by atoms with Crippen LogP contribution in [-0.2, 0) is 9.59 Å². The Kier molecular flexibility index (Phi) is 7.29. The number of para-hydroxylation sites is 2. The first-order valence-corrected chi connectivity index (χ1v) is 11.5. The number of rotatable bonds is 8. The zero-order chi connectivity index (χ0) is 25.7. The van der Waals surface area contributed by atoms with Crippen LogP contribution in [0.15, 0.2) is 78.9 Å². The van der Waals surface area contributed by atoms with Crippen molar-refractivity contribution in [2.75, 3.05) is 18.0 Å². The molecular formula is C27H26N4O5. The second kappa shape index (κ2) is 10.7. The predicted molar refractivity (Wildman–Crippen MR) is 134 cm³/mol. The number of aliphatic carboxylic acids is 1. The normalized spacial score (nSPS) is 14.8. The molecule has 1 atom stereocenters. The highest BCUT2D eigenvalue weighted by Gasteiger charge is 2.38. The number of carboxylic acids is 1. The molecule has 0 radical (unpaired) electrons. The number of amidine groups is 1. The lowest BCUT2D eigenvalue weighted by Gasteiger charge is -2.30. The number of nitrogens with one attached hydrogen (secondary N) is 1. The molecule has 0 aliphatic carbocycles. The summed E-state index contributed by atoms with van der Waals surface area (Å²) in [7, 11) is 0. The minimum Gasteiger partial charge on any atom is -0.480 e. The molecule has 0 spiro atoms. The standard InChI is InChI=1S/C27H26N4O5/c28-25(29)18-12-14-19(15-13-18)31(17-24(32)33)27(35)22-10-6-16-30(22)26(34)21-9-4-5-11-23(21)36-20-7-2-1-3-8-20/h1-5,7-9,11-15,22H,6,10,16-17H2,(H3,28,29)(H,32,33)/t22-/m0/s1. The third-order valence-electron chi connectivity index (χ3n) is 5.94. The first-order chi connectivity index (χ1) is 17.3. The molecule has 3 aromatic rings. The second-order valence-corrected chi connectivity index (χ2v) is 8.35. The van der Waals surface area contributed by atoms with Gasteiger partial charge in [-0.25, -0.2) is 0 Å².